The number of benzene rings is 3. The first-order valence-electron chi connectivity index (χ1n) is 20.3. The summed E-state index contributed by atoms with van der Waals surface area (Å²) in [7, 11) is 2.35. The van der Waals surface area contributed by atoms with Gasteiger partial charge in [-0.2, -0.15) is 0 Å². The van der Waals surface area contributed by atoms with E-state index in [1.165, 1.54) is 45.9 Å². The highest BCUT2D eigenvalue weighted by Gasteiger charge is 2.72. The largest absolute Gasteiger partial charge is 0.871 e. The Labute approximate surface area is 350 Å². The molecular formula is C46H48N4O7S2. The van der Waals surface area contributed by atoms with E-state index in [1.54, 1.807) is 24.3 Å². The van der Waals surface area contributed by atoms with Gasteiger partial charge in [0.2, 0.25) is 11.2 Å². The number of carbonyl (C=O) groups excluding carboxylic acids is 1. The monoisotopic (exact) mass is 832 g/mol. The van der Waals surface area contributed by atoms with Crippen molar-refractivity contribution in [2.45, 2.75) is 74.2 Å². The molecule has 0 amide bonds. The fourth-order valence-corrected chi connectivity index (χ4v) is 11.1. The van der Waals surface area contributed by atoms with Gasteiger partial charge < -0.3 is 44.9 Å². The molecule has 3 aliphatic rings. The van der Waals surface area contributed by atoms with E-state index in [0.29, 0.717) is 33.8 Å². The smallest absolute Gasteiger partial charge is 0.349 e. The number of H-pyrrole nitrogens is 1. The molecule has 0 radical (unpaired) electrons. The van der Waals surface area contributed by atoms with Crippen molar-refractivity contribution in [1.29, 1.82) is 0 Å². The summed E-state index contributed by atoms with van der Waals surface area (Å²) < 4.78 is 13.2. The number of pyridine rings is 1. The number of aromatic amines is 1. The summed E-state index contributed by atoms with van der Waals surface area (Å²) >= 11 is 2.72. The molecule has 3 fully saturated rings. The van der Waals surface area contributed by atoms with E-state index in [4.69, 9.17) is 9.47 Å². The van der Waals surface area contributed by atoms with Crippen molar-refractivity contribution in [2.75, 3.05) is 32.0 Å². The molecule has 3 aromatic heterocycles. The van der Waals surface area contributed by atoms with Crippen LogP contribution in [0.15, 0.2) is 113 Å². The average molecular weight is 833 g/mol. The lowest BCUT2D eigenvalue weighted by Crippen LogP contribution is -2.63. The predicted octanol–water partition coefficient (Wildman–Crippen LogP) is 5.87. The van der Waals surface area contributed by atoms with Crippen molar-refractivity contribution in [3.8, 4) is 5.75 Å². The Morgan fingerprint density at radius 3 is 2.15 bits per heavy atom. The molecule has 13 heteroatoms. The molecule has 3 aliphatic heterocycles. The maximum absolute atomic E-state index is 13.7. The van der Waals surface area contributed by atoms with Crippen LogP contribution in [0.2, 0.25) is 0 Å². The number of esters is 1. The molecule has 6 heterocycles. The predicted molar refractivity (Wildman–Crippen MR) is 228 cm³/mol. The number of epoxide rings is 1. The second kappa shape index (κ2) is 16.3. The number of aryl methyl sites for hydroxylation is 1. The van der Waals surface area contributed by atoms with Gasteiger partial charge >= 0.3 is 5.97 Å². The second-order valence-corrected chi connectivity index (χ2v) is 18.2. The number of aliphatic hydroxyl groups excluding tert-OH is 1. The Morgan fingerprint density at radius 1 is 0.915 bits per heavy atom. The molecule has 11 nitrogen and oxygen atoms in total. The van der Waals surface area contributed by atoms with Crippen molar-refractivity contribution >= 4 is 50.9 Å². The van der Waals surface area contributed by atoms with E-state index in [1.807, 2.05) is 22.9 Å². The average Bonchev–Trinajstić information content (AvgIpc) is 3.52. The Morgan fingerprint density at radius 2 is 1.54 bits per heavy atom. The number of anilines is 2. The molecule has 0 aliphatic carbocycles. The summed E-state index contributed by atoms with van der Waals surface area (Å²) in [6.45, 7) is 2.01. The fraction of sp³-hybridized carbons (Fsp3) is 0.348. The number of piperidine rings is 1. The van der Waals surface area contributed by atoms with Gasteiger partial charge in [0, 0.05) is 54.2 Å². The first kappa shape index (κ1) is 39.6. The normalized spacial score (nSPS) is 23.8. The Hall–Kier alpha value is -4.86. The second-order valence-electron chi connectivity index (χ2n) is 16.3. The quantitative estimate of drug-likeness (QED) is 0.0348. The van der Waals surface area contributed by atoms with Crippen LogP contribution in [0, 0.1) is 0 Å². The fourth-order valence-electron chi connectivity index (χ4n) is 9.43. The standard InChI is InChI=1S/C46H48N4O7S2/c1-50(35-25-32(26-36(50)44-43(35)57-44)56-45(54)46(55,39-6-3-23-58-39)40-7-4-24-59-40)22-2-5-28-8-12-30(13-9-28)48-31-14-10-29(11-15-31)20-21-47-27-38(52)33-16-18-37(51)42-34(33)17-19-41(53)49-42/h3-4,6-19,23-24,32,35-36,38,43-44,47-48,52,55H,2,5,20-22,25-27H2,1H3,(H-,49,51,53)/t32?,35?,36?,38-,43?,44?,50?/m0/s1. The zero-order valence-corrected chi connectivity index (χ0v) is 34.3. The molecule has 3 aromatic carbocycles. The van der Waals surface area contributed by atoms with Gasteiger partial charge in [-0.05, 0) is 89.3 Å². The van der Waals surface area contributed by atoms with Gasteiger partial charge in [-0.15, -0.1) is 22.7 Å². The molecule has 3 saturated heterocycles. The summed E-state index contributed by atoms with van der Waals surface area (Å²) in [6, 6.07) is 30.7. The number of carbonyl (C=O) groups is 1. The van der Waals surface area contributed by atoms with Crippen LogP contribution in [0.1, 0.15) is 51.8 Å². The highest BCUT2D eigenvalue weighted by molar-refractivity contribution is 7.12. The maximum atomic E-state index is 13.7. The number of nitrogens with zero attached hydrogens (tertiary/aromatic N) is 1. The van der Waals surface area contributed by atoms with Gasteiger partial charge in [0.05, 0.1) is 29.5 Å². The highest BCUT2D eigenvalue weighted by Crippen LogP contribution is 2.53. The third-order valence-corrected chi connectivity index (χ3v) is 14.6. The van der Waals surface area contributed by atoms with Crippen LogP contribution in [0.25, 0.3) is 10.9 Å². The Kier molecular flexibility index (Phi) is 10.9. The summed E-state index contributed by atoms with van der Waals surface area (Å²) in [5.41, 5.74) is 3.16. The van der Waals surface area contributed by atoms with Gasteiger partial charge in [-0.1, -0.05) is 54.3 Å². The molecule has 9 rings (SSSR count). The van der Waals surface area contributed by atoms with Gasteiger partial charge in [0.25, 0.3) is 0 Å². The third-order valence-electron chi connectivity index (χ3n) is 12.6. The number of fused-ring (bicyclic) bond motifs is 6. The van der Waals surface area contributed by atoms with Crippen LogP contribution in [0.4, 0.5) is 11.4 Å². The first-order chi connectivity index (χ1) is 28.6. The summed E-state index contributed by atoms with van der Waals surface area (Å²) in [5, 5.41) is 45.9. The molecular weight excluding hydrogens is 785 g/mol. The number of rotatable bonds is 16. The van der Waals surface area contributed by atoms with E-state index >= 15 is 0 Å². The van der Waals surface area contributed by atoms with Crippen molar-refractivity contribution in [2.24, 2.45) is 0 Å². The first-order valence-corrected chi connectivity index (χ1v) is 22.0. The molecule has 59 heavy (non-hydrogen) atoms. The number of hydrogen-bond acceptors (Lipinski definition) is 11. The van der Waals surface area contributed by atoms with Crippen molar-refractivity contribution < 1.29 is 34.1 Å². The summed E-state index contributed by atoms with van der Waals surface area (Å²) in [5.74, 6) is -0.866. The zero-order valence-electron chi connectivity index (χ0n) is 32.7. The lowest BCUT2D eigenvalue weighted by atomic mass is 9.93. The zero-order chi connectivity index (χ0) is 40.7. The van der Waals surface area contributed by atoms with E-state index in [9.17, 15) is 24.9 Å². The maximum Gasteiger partial charge on any atom is 0.349 e. The van der Waals surface area contributed by atoms with Gasteiger partial charge in [-0.3, -0.25) is 4.79 Å². The lowest BCUT2D eigenvalue weighted by Gasteiger charge is -2.48. The SMILES string of the molecule is C[N+]1(CCCc2ccc(Nc3ccc(CCNC[C@H](O)c4ccc([O-])c5[nH]c(=O)ccc45)cc3)cc2)C2CC(OC(=O)C(O)(c3cccs3)c3cccs3)CC1C1OC12. The molecule has 0 saturated carbocycles. The number of nitrogens with one attached hydrogen (secondary N) is 3. The minimum Gasteiger partial charge on any atom is -0.871 e. The number of aromatic nitrogens is 1. The van der Waals surface area contributed by atoms with Crippen LogP contribution in [-0.4, -0.2) is 82.7 Å². The van der Waals surface area contributed by atoms with Crippen LogP contribution in [-0.2, 0) is 32.7 Å². The summed E-state index contributed by atoms with van der Waals surface area (Å²) in [4.78, 5) is 29.1. The van der Waals surface area contributed by atoms with Crippen LogP contribution in [0.3, 0.4) is 0 Å². The number of morpholine rings is 1. The molecule has 4 unspecified atom stereocenters. The third kappa shape index (κ3) is 7.84. The van der Waals surface area contributed by atoms with Crippen LogP contribution in [0.5, 0.6) is 5.75 Å². The number of thiophene rings is 2. The molecule has 0 spiro atoms. The Bertz CT molecular complexity index is 2400. The minimum absolute atomic E-state index is 0.213. The molecule has 2 bridgehead atoms. The number of quaternary nitrogens is 1. The van der Waals surface area contributed by atoms with Gasteiger partial charge in [0.15, 0.2) is 0 Å². The number of likely N-dealkylation sites (N-methyl/N-ethyl adjacent to an activating group) is 1. The topological polar surface area (TPSA) is 159 Å². The lowest BCUT2D eigenvalue weighted by molar-refractivity contribution is -0.956. The van der Waals surface area contributed by atoms with Crippen molar-refractivity contribution in [3.05, 3.63) is 145 Å². The van der Waals surface area contributed by atoms with Crippen molar-refractivity contribution in [1.82, 2.24) is 10.3 Å². The van der Waals surface area contributed by atoms with Gasteiger partial charge in [0.1, 0.15) is 30.4 Å². The number of ether oxygens (including phenoxy) is 2. The molecule has 5 atom stereocenters. The van der Waals surface area contributed by atoms with E-state index in [-0.39, 0.29) is 47.2 Å². The van der Waals surface area contributed by atoms with Gasteiger partial charge in [-0.25, -0.2) is 4.79 Å². The van der Waals surface area contributed by atoms with E-state index < -0.39 is 17.7 Å². The molecule has 6 aromatic rings. The molecule has 306 valence electrons. The molecule has 5 N–H and O–H groups in total. The summed E-state index contributed by atoms with van der Waals surface area (Å²) in [6.07, 6.45) is 3.62. The minimum atomic E-state index is -1.79. The van der Waals surface area contributed by atoms with Crippen LogP contribution < -0.4 is 21.3 Å². The van der Waals surface area contributed by atoms with Crippen molar-refractivity contribution in [3.63, 3.8) is 0 Å². The Balaban J connectivity index is 0.726. The number of aliphatic hydroxyl groups is 2. The number of hydrogen-bond donors (Lipinski definition) is 5. The van der Waals surface area contributed by atoms with E-state index in [2.05, 4.69) is 71.2 Å². The van der Waals surface area contributed by atoms with Crippen LogP contribution >= 0.6 is 22.7 Å². The highest BCUT2D eigenvalue weighted by atomic mass is 32.1. The van der Waals surface area contributed by atoms with E-state index in [0.717, 1.165) is 54.5 Å².